The first kappa shape index (κ1) is 15.5. The molecule has 0 aromatic carbocycles. The van der Waals surface area contributed by atoms with Crippen molar-refractivity contribution in [2.75, 3.05) is 6.54 Å². The molecule has 7 heteroatoms. The smallest absolute Gasteiger partial charge is 0.267 e. The molecule has 7 nitrogen and oxygen atoms in total. The molecule has 23 heavy (non-hydrogen) atoms. The van der Waals surface area contributed by atoms with Crippen molar-refractivity contribution < 1.29 is 9.32 Å². The molecule has 0 aliphatic heterocycles. The summed E-state index contributed by atoms with van der Waals surface area (Å²) < 4.78 is 6.22. The Labute approximate surface area is 133 Å². The molecule has 2 aromatic heterocycles. The molecule has 122 valence electrons. The van der Waals surface area contributed by atoms with Gasteiger partial charge < -0.3 is 9.84 Å². The van der Waals surface area contributed by atoms with Crippen LogP contribution in [0.3, 0.4) is 0 Å². The fourth-order valence-corrected chi connectivity index (χ4v) is 2.83. The molecule has 3 rings (SSSR count). The maximum absolute atomic E-state index is 12.3. The summed E-state index contributed by atoms with van der Waals surface area (Å²) in [7, 11) is 0. The summed E-state index contributed by atoms with van der Waals surface area (Å²) in [5.41, 5.74) is 1.79. The quantitative estimate of drug-likeness (QED) is 0.848. The number of amides is 1. The second kappa shape index (κ2) is 6.76. The molecule has 1 amide bonds. The molecule has 0 unspecified atom stereocenters. The van der Waals surface area contributed by atoms with Crippen LogP contribution >= 0.6 is 0 Å². The van der Waals surface area contributed by atoms with Gasteiger partial charge in [0.05, 0.1) is 5.69 Å². The van der Waals surface area contributed by atoms with Gasteiger partial charge in [-0.3, -0.25) is 14.2 Å². The summed E-state index contributed by atoms with van der Waals surface area (Å²) in [6, 6.07) is 0. The fourth-order valence-electron chi connectivity index (χ4n) is 2.83. The third-order valence-electron chi connectivity index (χ3n) is 4.10. The van der Waals surface area contributed by atoms with Crippen molar-refractivity contribution in [3.63, 3.8) is 0 Å². The second-order valence-electron chi connectivity index (χ2n) is 5.83. The van der Waals surface area contributed by atoms with E-state index in [4.69, 9.17) is 4.52 Å². The van der Waals surface area contributed by atoms with E-state index in [0.29, 0.717) is 17.6 Å². The zero-order chi connectivity index (χ0) is 16.2. The summed E-state index contributed by atoms with van der Waals surface area (Å²) in [5, 5.41) is 6.90. The van der Waals surface area contributed by atoms with Crippen molar-refractivity contribution in [3.8, 4) is 0 Å². The van der Waals surface area contributed by atoms with Gasteiger partial charge in [-0.25, -0.2) is 4.98 Å². The summed E-state index contributed by atoms with van der Waals surface area (Å²) in [4.78, 5) is 28.3. The van der Waals surface area contributed by atoms with E-state index in [2.05, 4.69) is 21.5 Å². The number of hydrogen-bond donors (Lipinski definition) is 1. The zero-order valence-corrected chi connectivity index (χ0v) is 13.2. The fraction of sp³-hybridized carbons (Fsp3) is 0.500. The molecule has 0 fully saturated rings. The first-order valence-electron chi connectivity index (χ1n) is 7.91. The first-order chi connectivity index (χ1) is 11.1. The van der Waals surface area contributed by atoms with Crippen molar-refractivity contribution in [2.45, 2.75) is 45.6 Å². The summed E-state index contributed by atoms with van der Waals surface area (Å²) in [6.07, 6.45) is 9.23. The third kappa shape index (κ3) is 3.49. The number of fused-ring (bicyclic) bond motifs is 1. The summed E-state index contributed by atoms with van der Waals surface area (Å²) >= 11 is 0. The van der Waals surface area contributed by atoms with Crippen molar-refractivity contribution in [2.24, 2.45) is 0 Å². The van der Waals surface area contributed by atoms with Gasteiger partial charge in [0.15, 0.2) is 0 Å². The summed E-state index contributed by atoms with van der Waals surface area (Å²) in [6.45, 7) is 2.23. The standard InChI is InChI=1S/C16H20N4O3/c1-11-14-15(23-19-11)18-10-20(16(14)22)9-13(21)17-8-7-12-5-3-2-4-6-12/h5,10H,2-4,6-9H2,1H3,(H,17,21). The Balaban J connectivity index is 1.59. The topological polar surface area (TPSA) is 90.0 Å². The lowest BCUT2D eigenvalue weighted by atomic mass is 9.97. The Morgan fingerprint density at radius 2 is 2.30 bits per heavy atom. The number of carbonyl (C=O) groups is 1. The molecule has 1 aliphatic rings. The minimum atomic E-state index is -0.307. The van der Waals surface area contributed by atoms with Crippen LogP contribution in [0.25, 0.3) is 11.1 Å². The van der Waals surface area contributed by atoms with Crippen LogP contribution < -0.4 is 10.9 Å². The molecular formula is C16H20N4O3. The monoisotopic (exact) mass is 316 g/mol. The zero-order valence-electron chi connectivity index (χ0n) is 13.2. The lowest BCUT2D eigenvalue weighted by molar-refractivity contribution is -0.121. The van der Waals surface area contributed by atoms with Crippen LogP contribution in [0.5, 0.6) is 0 Å². The maximum Gasteiger partial charge on any atom is 0.267 e. The lowest BCUT2D eigenvalue weighted by Crippen LogP contribution is -2.33. The Morgan fingerprint density at radius 3 is 3.09 bits per heavy atom. The SMILES string of the molecule is Cc1noc2ncn(CC(=O)NCCC3=CCCCC3)c(=O)c12. The average Bonchev–Trinajstić information content (AvgIpc) is 2.93. The number of rotatable bonds is 5. The number of nitrogens with one attached hydrogen (secondary N) is 1. The highest BCUT2D eigenvalue weighted by molar-refractivity contribution is 5.77. The van der Waals surface area contributed by atoms with E-state index in [1.165, 1.54) is 29.3 Å². The van der Waals surface area contributed by atoms with Crippen LogP contribution in [0.1, 0.15) is 37.8 Å². The second-order valence-corrected chi connectivity index (χ2v) is 5.83. The van der Waals surface area contributed by atoms with Gasteiger partial charge in [-0.2, -0.15) is 0 Å². The Bertz CT molecular complexity index is 803. The van der Waals surface area contributed by atoms with Crippen molar-refractivity contribution in [1.82, 2.24) is 20.0 Å². The highest BCUT2D eigenvalue weighted by atomic mass is 16.5. The number of allylic oxidation sites excluding steroid dienone is 1. The van der Waals surface area contributed by atoms with E-state index in [1.54, 1.807) is 6.92 Å². The largest absolute Gasteiger partial charge is 0.354 e. The highest BCUT2D eigenvalue weighted by Crippen LogP contribution is 2.19. The van der Waals surface area contributed by atoms with Crippen molar-refractivity contribution >= 4 is 17.0 Å². The molecule has 0 radical (unpaired) electrons. The molecule has 0 spiro atoms. The molecule has 1 N–H and O–H groups in total. The predicted octanol–water partition coefficient (Wildman–Crippen LogP) is 1.70. The van der Waals surface area contributed by atoms with Crippen molar-refractivity contribution in [1.29, 1.82) is 0 Å². The average molecular weight is 316 g/mol. The van der Waals surface area contributed by atoms with E-state index in [0.717, 1.165) is 19.3 Å². The summed E-state index contributed by atoms with van der Waals surface area (Å²) in [5.74, 6) is -0.196. The first-order valence-corrected chi connectivity index (χ1v) is 7.91. The van der Waals surface area contributed by atoms with Crippen LogP contribution in [0.15, 0.2) is 27.3 Å². The number of nitrogens with zero attached hydrogens (tertiary/aromatic N) is 3. The van der Waals surface area contributed by atoms with E-state index in [9.17, 15) is 9.59 Å². The highest BCUT2D eigenvalue weighted by Gasteiger charge is 2.13. The number of aryl methyl sites for hydroxylation is 1. The molecule has 0 bridgehead atoms. The van der Waals surface area contributed by atoms with Crippen LogP contribution in [0, 0.1) is 6.92 Å². The minimum Gasteiger partial charge on any atom is -0.354 e. The van der Waals surface area contributed by atoms with Gasteiger partial charge in [-0.15, -0.1) is 0 Å². The van der Waals surface area contributed by atoms with Gasteiger partial charge >= 0.3 is 0 Å². The van der Waals surface area contributed by atoms with Crippen LogP contribution in [0.4, 0.5) is 0 Å². The lowest BCUT2D eigenvalue weighted by Gasteiger charge is -2.13. The van der Waals surface area contributed by atoms with Gasteiger partial charge in [0.2, 0.25) is 5.91 Å². The van der Waals surface area contributed by atoms with E-state index in [-0.39, 0.29) is 23.7 Å². The Hall–Kier alpha value is -2.44. The number of carbonyl (C=O) groups excluding carboxylic acids is 1. The normalized spacial score (nSPS) is 14.7. The molecule has 0 atom stereocenters. The Morgan fingerprint density at radius 1 is 1.43 bits per heavy atom. The van der Waals surface area contributed by atoms with E-state index in [1.807, 2.05) is 0 Å². The van der Waals surface area contributed by atoms with Crippen LogP contribution in [0.2, 0.25) is 0 Å². The van der Waals surface area contributed by atoms with Gasteiger partial charge in [0.25, 0.3) is 11.3 Å². The predicted molar refractivity (Wildman–Crippen MR) is 85.0 cm³/mol. The van der Waals surface area contributed by atoms with Gasteiger partial charge in [-0.1, -0.05) is 16.8 Å². The van der Waals surface area contributed by atoms with Crippen LogP contribution in [-0.2, 0) is 11.3 Å². The van der Waals surface area contributed by atoms with Crippen molar-refractivity contribution in [3.05, 3.63) is 34.0 Å². The molecule has 2 aromatic rings. The molecule has 2 heterocycles. The number of hydrogen-bond acceptors (Lipinski definition) is 5. The Kier molecular flexibility index (Phi) is 4.55. The van der Waals surface area contributed by atoms with Gasteiger partial charge in [0, 0.05) is 6.54 Å². The number of aromatic nitrogens is 3. The third-order valence-corrected chi connectivity index (χ3v) is 4.10. The minimum absolute atomic E-state index is 0.0502. The van der Waals surface area contributed by atoms with Gasteiger partial charge in [0.1, 0.15) is 18.3 Å². The van der Waals surface area contributed by atoms with E-state index >= 15 is 0 Å². The van der Waals surface area contributed by atoms with Crippen LogP contribution in [-0.4, -0.2) is 27.2 Å². The maximum atomic E-state index is 12.3. The van der Waals surface area contributed by atoms with Gasteiger partial charge in [-0.05, 0) is 39.0 Å². The molecule has 0 saturated heterocycles. The van der Waals surface area contributed by atoms with E-state index < -0.39 is 0 Å². The molecule has 1 aliphatic carbocycles. The molecule has 0 saturated carbocycles. The molecular weight excluding hydrogens is 296 g/mol.